The van der Waals surface area contributed by atoms with Crippen LogP contribution in [0.1, 0.15) is 26.7 Å². The van der Waals surface area contributed by atoms with Gasteiger partial charge in [0.2, 0.25) is 5.78 Å². The number of fused-ring (bicyclic) bond motifs is 13. The molecule has 43 heavy (non-hydrogen) atoms. The van der Waals surface area contributed by atoms with E-state index in [1.54, 1.807) is 0 Å². The van der Waals surface area contributed by atoms with Gasteiger partial charge in [0.05, 0.1) is 22.1 Å². The summed E-state index contributed by atoms with van der Waals surface area (Å²) >= 11 is 0. The van der Waals surface area contributed by atoms with E-state index in [1.807, 2.05) is 26.0 Å². The molecule has 1 aliphatic rings. The number of para-hydroxylation sites is 3. The van der Waals surface area contributed by atoms with Crippen LogP contribution in [-0.2, 0) is 0 Å². The van der Waals surface area contributed by atoms with Crippen molar-refractivity contribution in [3.8, 4) is 50.2 Å². The predicted molar refractivity (Wildman–Crippen MR) is 179 cm³/mol. The van der Waals surface area contributed by atoms with Gasteiger partial charge in [-0.1, -0.05) is 117 Å². The van der Waals surface area contributed by atoms with E-state index >= 15 is 0 Å². The summed E-state index contributed by atoms with van der Waals surface area (Å²) < 4.78 is 13.4. The molecule has 8 aromatic rings. The molecule has 1 aliphatic carbocycles. The van der Waals surface area contributed by atoms with Crippen LogP contribution in [0.4, 0.5) is 0 Å². The molecule has 9 rings (SSSR count). The maximum absolute atomic E-state index is 8.83. The van der Waals surface area contributed by atoms with Crippen LogP contribution in [0.15, 0.2) is 133 Å². The first-order chi connectivity index (χ1) is 21.5. The van der Waals surface area contributed by atoms with Gasteiger partial charge in [0.15, 0.2) is 0 Å². The summed E-state index contributed by atoms with van der Waals surface area (Å²) in [6, 6.07) is 47.8. The van der Waals surface area contributed by atoms with Crippen molar-refractivity contribution in [3.05, 3.63) is 139 Å². The minimum absolute atomic E-state index is 0.768. The van der Waals surface area contributed by atoms with Crippen molar-refractivity contribution in [2.24, 2.45) is 0 Å². The highest BCUT2D eigenvalue weighted by Gasteiger charge is 2.24. The zero-order valence-corrected chi connectivity index (χ0v) is 24.0. The number of benzene rings is 6. The molecule has 0 unspecified atom stereocenters. The van der Waals surface area contributed by atoms with Gasteiger partial charge in [0.25, 0.3) is 0 Å². The molecule has 0 radical (unpaired) electrons. The van der Waals surface area contributed by atoms with Crippen LogP contribution < -0.4 is 0 Å². The van der Waals surface area contributed by atoms with Gasteiger partial charge in [-0.05, 0) is 86.3 Å². The lowest BCUT2D eigenvalue weighted by molar-refractivity contribution is 0.873. The van der Waals surface area contributed by atoms with Crippen LogP contribution >= 0.6 is 0 Å². The second kappa shape index (κ2) is 9.04. The van der Waals surface area contributed by atoms with Crippen molar-refractivity contribution in [1.29, 1.82) is 0 Å². The van der Waals surface area contributed by atoms with Gasteiger partial charge in [-0.25, -0.2) is 4.98 Å². The molecule has 0 aliphatic heterocycles. The number of aromatic nitrogens is 3. The first-order valence-corrected chi connectivity index (χ1v) is 14.8. The smallest absolute Gasteiger partial charge is 0.220 e. The molecule has 0 spiro atoms. The van der Waals surface area contributed by atoms with Gasteiger partial charge < -0.3 is 0 Å². The van der Waals surface area contributed by atoms with Crippen molar-refractivity contribution in [2.75, 3.05) is 0 Å². The van der Waals surface area contributed by atoms with E-state index in [4.69, 9.17) is 6.35 Å². The molecule has 3 heteroatoms. The third-order valence-corrected chi connectivity index (χ3v) is 8.97. The molecule has 0 saturated carbocycles. The average molecular weight is 553 g/mol. The van der Waals surface area contributed by atoms with Gasteiger partial charge in [0.1, 0.15) is 0 Å². The Bertz CT molecular complexity index is 2430. The second-order valence-corrected chi connectivity index (χ2v) is 11.6. The van der Waals surface area contributed by atoms with Crippen molar-refractivity contribution < 1.29 is 1.37 Å². The van der Waals surface area contributed by atoms with Gasteiger partial charge >= 0.3 is 0 Å². The summed E-state index contributed by atoms with van der Waals surface area (Å²) in [6.07, 6.45) is 0. The zero-order valence-electron chi connectivity index (χ0n) is 25.0. The number of imidazole rings is 2. The van der Waals surface area contributed by atoms with Gasteiger partial charge in [-0.2, -0.15) is 0 Å². The molecule has 0 atom stereocenters. The number of hydrogen-bond donors (Lipinski definition) is 0. The molecule has 0 N–H and O–H groups in total. The predicted octanol–water partition coefficient (Wildman–Crippen LogP) is 10.5. The second-order valence-electron chi connectivity index (χ2n) is 11.6. The van der Waals surface area contributed by atoms with Crippen molar-refractivity contribution in [2.45, 2.75) is 19.7 Å². The summed E-state index contributed by atoms with van der Waals surface area (Å²) in [7, 11) is 0. The van der Waals surface area contributed by atoms with Crippen molar-refractivity contribution >= 4 is 27.8 Å². The SMILES string of the molecule is [2H]C(C)(C)c1cccc2c1nc1n(-c3ccc4c(c3)-c3ccccc3-c3ccccc3-c3ccccc3-4)c3ccccc3n21. The molecule has 3 nitrogen and oxygen atoms in total. The van der Waals surface area contributed by atoms with E-state index in [2.05, 4.69) is 130 Å². The summed E-state index contributed by atoms with van der Waals surface area (Å²) in [4.78, 5) is 5.26. The van der Waals surface area contributed by atoms with Crippen LogP contribution in [0.5, 0.6) is 0 Å². The standard InChI is InChI=1S/C40H29N3/c1-25(2)27-18-11-21-38-39(27)41-40-42(36-19-9-10-20-37(36)43(38)40)26-22-23-34-32-16-6-5-14-30(32)28-12-3-4-13-29(28)31-15-7-8-17-33(31)35(34)24-26/h3-25H,1-2H3/i25D. The van der Waals surface area contributed by atoms with Gasteiger partial charge in [-0.3, -0.25) is 8.97 Å². The summed E-state index contributed by atoms with van der Waals surface area (Å²) in [5.74, 6) is 0.0814. The zero-order chi connectivity index (χ0) is 29.6. The van der Waals surface area contributed by atoms with E-state index in [9.17, 15) is 0 Å². The Kier molecular flexibility index (Phi) is 4.88. The Morgan fingerprint density at radius 1 is 0.512 bits per heavy atom. The molecule has 2 heterocycles. The fourth-order valence-electron chi connectivity index (χ4n) is 7.07. The van der Waals surface area contributed by atoms with Crippen LogP contribution in [-0.4, -0.2) is 14.0 Å². The summed E-state index contributed by atoms with van der Waals surface area (Å²) in [5, 5.41) is 0. The fourth-order valence-corrected chi connectivity index (χ4v) is 7.07. The lowest BCUT2D eigenvalue weighted by Gasteiger charge is -2.23. The van der Waals surface area contributed by atoms with E-state index in [0.29, 0.717) is 0 Å². The normalized spacial score (nSPS) is 12.7. The van der Waals surface area contributed by atoms with Crippen molar-refractivity contribution in [3.63, 3.8) is 0 Å². The van der Waals surface area contributed by atoms with Gasteiger partial charge in [-0.15, -0.1) is 0 Å². The van der Waals surface area contributed by atoms with Crippen LogP contribution in [0.25, 0.3) is 78.0 Å². The summed E-state index contributed by atoms with van der Waals surface area (Å²) in [5.41, 5.74) is 15.9. The Balaban J connectivity index is 1.39. The molecule has 0 saturated heterocycles. The lowest BCUT2D eigenvalue weighted by Crippen LogP contribution is -2.00. The highest BCUT2D eigenvalue weighted by atomic mass is 15.2. The van der Waals surface area contributed by atoms with Crippen LogP contribution in [0.2, 0.25) is 0 Å². The highest BCUT2D eigenvalue weighted by molar-refractivity contribution is 6.03. The fraction of sp³-hybridized carbons (Fsp3) is 0.0750. The Morgan fingerprint density at radius 3 is 1.58 bits per heavy atom. The first kappa shape index (κ1) is 23.2. The Morgan fingerprint density at radius 2 is 1.00 bits per heavy atom. The molecular weight excluding hydrogens is 522 g/mol. The first-order valence-electron chi connectivity index (χ1n) is 15.3. The highest BCUT2D eigenvalue weighted by Crippen LogP contribution is 2.48. The van der Waals surface area contributed by atoms with Crippen molar-refractivity contribution in [1.82, 2.24) is 14.0 Å². The van der Waals surface area contributed by atoms with Crippen LogP contribution in [0.3, 0.4) is 0 Å². The third-order valence-electron chi connectivity index (χ3n) is 8.97. The molecule has 2 aromatic heterocycles. The van der Waals surface area contributed by atoms with E-state index in [0.717, 1.165) is 39.1 Å². The molecule has 0 amide bonds. The molecule has 6 aromatic carbocycles. The van der Waals surface area contributed by atoms with Crippen LogP contribution in [0, 0.1) is 0 Å². The van der Waals surface area contributed by atoms with E-state index in [-0.39, 0.29) is 0 Å². The monoisotopic (exact) mass is 552 g/mol. The van der Waals surface area contributed by atoms with E-state index in [1.165, 1.54) is 44.5 Å². The molecule has 0 fully saturated rings. The minimum Gasteiger partial charge on any atom is -0.278 e. The van der Waals surface area contributed by atoms with Gasteiger partial charge in [0, 0.05) is 7.06 Å². The minimum atomic E-state index is -0.768. The Hall–Kier alpha value is -5.41. The maximum atomic E-state index is 8.83. The average Bonchev–Trinajstić information content (AvgIpc) is 3.58. The quantitative estimate of drug-likeness (QED) is 0.209. The summed E-state index contributed by atoms with van der Waals surface area (Å²) in [6.45, 7) is 3.86. The van der Waals surface area contributed by atoms with E-state index < -0.39 is 5.89 Å². The number of rotatable bonds is 2. The lowest BCUT2D eigenvalue weighted by atomic mass is 9.81. The molecule has 0 bridgehead atoms. The molecule has 204 valence electrons. The maximum Gasteiger partial charge on any atom is 0.220 e. The third kappa shape index (κ3) is 3.39. The largest absolute Gasteiger partial charge is 0.278 e. The Labute approximate surface area is 251 Å². The number of nitrogens with zero attached hydrogens (tertiary/aromatic N) is 3. The molecular formula is C40H29N3. The topological polar surface area (TPSA) is 22.2 Å². The number of hydrogen-bond acceptors (Lipinski definition) is 1.